The molecule has 1 aliphatic heterocycles. The van der Waals surface area contributed by atoms with Gasteiger partial charge in [0.25, 0.3) is 0 Å². The molecule has 1 aromatic carbocycles. The molecule has 3 heteroatoms. The van der Waals surface area contributed by atoms with E-state index in [4.69, 9.17) is 13.9 Å². The van der Waals surface area contributed by atoms with E-state index in [2.05, 4.69) is 0 Å². The molecule has 1 saturated heterocycles. The van der Waals surface area contributed by atoms with Crippen LogP contribution in [0.5, 0.6) is 5.75 Å². The van der Waals surface area contributed by atoms with Crippen LogP contribution in [0.3, 0.4) is 0 Å². The van der Waals surface area contributed by atoms with E-state index in [0.717, 1.165) is 42.8 Å². The Balaban J connectivity index is 1.77. The zero-order valence-corrected chi connectivity index (χ0v) is 9.02. The van der Waals surface area contributed by atoms with Crippen molar-refractivity contribution in [3.63, 3.8) is 0 Å². The Morgan fingerprint density at radius 3 is 2.88 bits per heavy atom. The molecule has 0 spiro atoms. The predicted molar refractivity (Wildman–Crippen MR) is 60.7 cm³/mol. The SMILES string of the molecule is c1cc2cc(OC3CCOCC3)ccc2o1. The summed E-state index contributed by atoms with van der Waals surface area (Å²) in [6, 6.07) is 7.88. The topological polar surface area (TPSA) is 31.6 Å². The van der Waals surface area contributed by atoms with Crippen LogP contribution in [-0.4, -0.2) is 19.3 Å². The number of ether oxygens (including phenoxy) is 2. The molecule has 0 amide bonds. The fourth-order valence-electron chi connectivity index (χ4n) is 2.00. The van der Waals surface area contributed by atoms with E-state index < -0.39 is 0 Å². The van der Waals surface area contributed by atoms with E-state index in [-0.39, 0.29) is 6.10 Å². The van der Waals surface area contributed by atoms with Crippen LogP contribution in [0.1, 0.15) is 12.8 Å². The summed E-state index contributed by atoms with van der Waals surface area (Å²) in [7, 11) is 0. The molecule has 0 unspecified atom stereocenters. The minimum atomic E-state index is 0.290. The number of benzene rings is 1. The molecule has 2 aromatic rings. The van der Waals surface area contributed by atoms with Crippen molar-refractivity contribution in [3.8, 4) is 5.75 Å². The van der Waals surface area contributed by atoms with Crippen molar-refractivity contribution >= 4 is 11.0 Å². The molecule has 0 aliphatic carbocycles. The van der Waals surface area contributed by atoms with E-state index in [1.54, 1.807) is 6.26 Å². The van der Waals surface area contributed by atoms with Crippen LogP contribution in [0.25, 0.3) is 11.0 Å². The Morgan fingerprint density at radius 1 is 1.12 bits per heavy atom. The van der Waals surface area contributed by atoms with Gasteiger partial charge in [-0.3, -0.25) is 0 Å². The van der Waals surface area contributed by atoms with Crippen LogP contribution in [0.15, 0.2) is 34.9 Å². The molecule has 0 bridgehead atoms. The molecule has 1 aliphatic rings. The fraction of sp³-hybridized carbons (Fsp3) is 0.385. The van der Waals surface area contributed by atoms with Gasteiger partial charge in [0.2, 0.25) is 0 Å². The van der Waals surface area contributed by atoms with Crippen LogP contribution in [0.4, 0.5) is 0 Å². The van der Waals surface area contributed by atoms with Crippen LogP contribution >= 0.6 is 0 Å². The molecule has 84 valence electrons. The summed E-state index contributed by atoms with van der Waals surface area (Å²) >= 11 is 0. The van der Waals surface area contributed by atoms with Gasteiger partial charge in [-0.05, 0) is 24.3 Å². The van der Waals surface area contributed by atoms with Gasteiger partial charge in [0.1, 0.15) is 17.4 Å². The van der Waals surface area contributed by atoms with Gasteiger partial charge in [0.15, 0.2) is 0 Å². The van der Waals surface area contributed by atoms with Gasteiger partial charge in [-0.15, -0.1) is 0 Å². The van der Waals surface area contributed by atoms with Gasteiger partial charge in [-0.1, -0.05) is 0 Å². The van der Waals surface area contributed by atoms with E-state index >= 15 is 0 Å². The standard InChI is InChI=1S/C13H14O3/c1-2-13-10(3-8-15-13)9-12(1)16-11-4-6-14-7-5-11/h1-3,8-9,11H,4-7H2. The Labute approximate surface area is 94.0 Å². The Kier molecular flexibility index (Phi) is 2.54. The van der Waals surface area contributed by atoms with Gasteiger partial charge < -0.3 is 13.9 Å². The zero-order chi connectivity index (χ0) is 10.8. The smallest absolute Gasteiger partial charge is 0.134 e. The number of hydrogen-bond donors (Lipinski definition) is 0. The molecule has 0 N–H and O–H groups in total. The predicted octanol–water partition coefficient (Wildman–Crippen LogP) is 2.99. The Hall–Kier alpha value is -1.48. The van der Waals surface area contributed by atoms with Crippen LogP contribution in [0.2, 0.25) is 0 Å². The minimum Gasteiger partial charge on any atom is -0.490 e. The number of rotatable bonds is 2. The lowest BCUT2D eigenvalue weighted by atomic mass is 10.1. The summed E-state index contributed by atoms with van der Waals surface area (Å²) < 4.78 is 16.5. The maximum absolute atomic E-state index is 5.91. The lowest BCUT2D eigenvalue weighted by Crippen LogP contribution is -2.25. The highest BCUT2D eigenvalue weighted by Gasteiger charge is 2.15. The first-order chi connectivity index (χ1) is 7.92. The van der Waals surface area contributed by atoms with Crippen molar-refractivity contribution in [1.82, 2.24) is 0 Å². The normalized spacial score (nSPS) is 17.8. The van der Waals surface area contributed by atoms with E-state index in [0.29, 0.717) is 0 Å². The van der Waals surface area contributed by atoms with Crippen molar-refractivity contribution in [2.75, 3.05) is 13.2 Å². The van der Waals surface area contributed by atoms with E-state index in [9.17, 15) is 0 Å². The summed E-state index contributed by atoms with van der Waals surface area (Å²) in [4.78, 5) is 0. The third kappa shape index (κ3) is 1.91. The molecule has 1 fully saturated rings. The molecule has 1 aromatic heterocycles. The molecule has 0 saturated carbocycles. The summed E-state index contributed by atoms with van der Waals surface area (Å²) in [5, 5.41) is 1.09. The maximum Gasteiger partial charge on any atom is 0.134 e. The minimum absolute atomic E-state index is 0.290. The molecular weight excluding hydrogens is 204 g/mol. The van der Waals surface area contributed by atoms with Crippen LogP contribution in [-0.2, 0) is 4.74 Å². The fourth-order valence-corrected chi connectivity index (χ4v) is 2.00. The molecule has 16 heavy (non-hydrogen) atoms. The van der Waals surface area contributed by atoms with Crippen molar-refractivity contribution < 1.29 is 13.9 Å². The summed E-state index contributed by atoms with van der Waals surface area (Å²) in [6.45, 7) is 1.61. The van der Waals surface area contributed by atoms with Gasteiger partial charge >= 0.3 is 0 Å². The first-order valence-corrected chi connectivity index (χ1v) is 5.63. The molecule has 0 radical (unpaired) electrons. The van der Waals surface area contributed by atoms with Crippen LogP contribution < -0.4 is 4.74 Å². The quantitative estimate of drug-likeness (QED) is 0.776. The van der Waals surface area contributed by atoms with Gasteiger partial charge in [0, 0.05) is 18.2 Å². The second-order valence-corrected chi connectivity index (χ2v) is 4.05. The Morgan fingerprint density at radius 2 is 2.00 bits per heavy atom. The summed E-state index contributed by atoms with van der Waals surface area (Å²) in [5.41, 5.74) is 0.902. The lowest BCUT2D eigenvalue weighted by molar-refractivity contribution is 0.0256. The first-order valence-electron chi connectivity index (χ1n) is 5.63. The molecule has 2 heterocycles. The maximum atomic E-state index is 5.91. The second kappa shape index (κ2) is 4.18. The largest absolute Gasteiger partial charge is 0.490 e. The lowest BCUT2D eigenvalue weighted by Gasteiger charge is -2.23. The molecule has 3 rings (SSSR count). The third-order valence-electron chi connectivity index (χ3n) is 2.89. The van der Waals surface area contributed by atoms with Gasteiger partial charge in [0.05, 0.1) is 19.5 Å². The van der Waals surface area contributed by atoms with E-state index in [1.165, 1.54) is 0 Å². The van der Waals surface area contributed by atoms with E-state index in [1.807, 2.05) is 24.3 Å². The first kappa shape index (κ1) is 9.73. The third-order valence-corrected chi connectivity index (χ3v) is 2.89. The zero-order valence-electron chi connectivity index (χ0n) is 9.02. The highest BCUT2D eigenvalue weighted by Crippen LogP contribution is 2.24. The van der Waals surface area contributed by atoms with Crippen molar-refractivity contribution in [2.24, 2.45) is 0 Å². The second-order valence-electron chi connectivity index (χ2n) is 4.05. The number of furan rings is 1. The molecule has 0 atom stereocenters. The molecular formula is C13H14O3. The highest BCUT2D eigenvalue weighted by atomic mass is 16.5. The average molecular weight is 218 g/mol. The highest BCUT2D eigenvalue weighted by molar-refractivity contribution is 5.78. The monoisotopic (exact) mass is 218 g/mol. The van der Waals surface area contributed by atoms with Gasteiger partial charge in [-0.2, -0.15) is 0 Å². The van der Waals surface area contributed by atoms with Crippen molar-refractivity contribution in [3.05, 3.63) is 30.5 Å². The van der Waals surface area contributed by atoms with Crippen LogP contribution in [0, 0.1) is 0 Å². The summed E-state index contributed by atoms with van der Waals surface area (Å²) in [5.74, 6) is 0.917. The van der Waals surface area contributed by atoms with Crippen molar-refractivity contribution in [2.45, 2.75) is 18.9 Å². The summed E-state index contributed by atoms with van der Waals surface area (Å²) in [6.07, 6.45) is 3.94. The van der Waals surface area contributed by atoms with Crippen molar-refractivity contribution in [1.29, 1.82) is 0 Å². The Bertz CT molecular complexity index is 469. The molecule has 3 nitrogen and oxygen atoms in total. The average Bonchev–Trinajstić information content (AvgIpc) is 2.77. The number of fused-ring (bicyclic) bond motifs is 1. The number of hydrogen-bond acceptors (Lipinski definition) is 3. The van der Waals surface area contributed by atoms with Gasteiger partial charge in [-0.25, -0.2) is 0 Å².